The maximum Gasteiger partial charge on any atom is 0.418 e. The van der Waals surface area contributed by atoms with E-state index >= 15 is 0 Å². The second kappa shape index (κ2) is 6.82. The van der Waals surface area contributed by atoms with Gasteiger partial charge in [0, 0.05) is 20.2 Å². The first-order chi connectivity index (χ1) is 9.59. The number of hydrogen-bond donors (Lipinski definition) is 2. The maximum absolute atomic E-state index is 12.9. The van der Waals surface area contributed by atoms with Gasteiger partial charge in [-0.25, -0.2) is 0 Å². The van der Waals surface area contributed by atoms with Crippen LogP contribution in [0.1, 0.15) is 12.0 Å². The van der Waals surface area contributed by atoms with Gasteiger partial charge in [-0.15, -0.1) is 0 Å². The second-order valence-corrected chi connectivity index (χ2v) is 6.35. The van der Waals surface area contributed by atoms with Crippen LogP contribution in [0, 0.1) is 0 Å². The van der Waals surface area contributed by atoms with Crippen molar-refractivity contribution in [1.29, 1.82) is 0 Å². The van der Waals surface area contributed by atoms with Gasteiger partial charge in [0.25, 0.3) is 0 Å². The number of aliphatic hydroxyl groups is 1. The Morgan fingerprint density at radius 2 is 2.00 bits per heavy atom. The molecule has 0 amide bonds. The largest absolute Gasteiger partial charge is 0.418 e. The van der Waals surface area contributed by atoms with Gasteiger partial charge >= 0.3 is 16.4 Å². The summed E-state index contributed by atoms with van der Waals surface area (Å²) >= 11 is 5.67. The number of hydrogen-bond acceptors (Lipinski definition) is 3. The van der Waals surface area contributed by atoms with E-state index in [-0.39, 0.29) is 24.6 Å². The average molecular weight is 347 g/mol. The molecule has 120 valence electrons. The molecule has 10 heteroatoms. The number of benzene rings is 1. The van der Waals surface area contributed by atoms with Crippen LogP contribution in [0.4, 0.5) is 18.9 Å². The lowest BCUT2D eigenvalue weighted by atomic mass is 10.2. The van der Waals surface area contributed by atoms with Crippen molar-refractivity contribution < 1.29 is 26.7 Å². The van der Waals surface area contributed by atoms with Crippen LogP contribution in [0.15, 0.2) is 18.2 Å². The highest BCUT2D eigenvalue weighted by Crippen LogP contribution is 2.39. The molecule has 0 fully saturated rings. The van der Waals surface area contributed by atoms with E-state index in [1.54, 1.807) is 0 Å². The minimum Gasteiger partial charge on any atom is -0.396 e. The molecular formula is C11H14ClF3N2O3S. The average Bonchev–Trinajstić information content (AvgIpc) is 2.36. The summed E-state index contributed by atoms with van der Waals surface area (Å²) in [7, 11) is -3.02. The van der Waals surface area contributed by atoms with E-state index in [9.17, 15) is 21.6 Å². The van der Waals surface area contributed by atoms with E-state index in [4.69, 9.17) is 16.7 Å². The Balaban J connectivity index is 3.13. The first-order valence-corrected chi connectivity index (χ1v) is 7.62. The number of para-hydroxylation sites is 1. The molecule has 0 aliphatic heterocycles. The van der Waals surface area contributed by atoms with Crippen molar-refractivity contribution in [3.05, 3.63) is 28.8 Å². The fraction of sp³-hybridized carbons (Fsp3) is 0.455. The summed E-state index contributed by atoms with van der Waals surface area (Å²) < 4.78 is 65.1. The van der Waals surface area contributed by atoms with E-state index in [2.05, 4.69) is 0 Å². The molecule has 0 aliphatic carbocycles. The highest BCUT2D eigenvalue weighted by molar-refractivity contribution is 7.90. The first-order valence-electron chi connectivity index (χ1n) is 5.80. The van der Waals surface area contributed by atoms with Gasteiger partial charge in [-0.2, -0.15) is 25.9 Å². The predicted octanol–water partition coefficient (Wildman–Crippen LogP) is 2.33. The molecule has 0 aromatic heterocycles. The van der Waals surface area contributed by atoms with Gasteiger partial charge in [-0.05, 0) is 18.6 Å². The van der Waals surface area contributed by atoms with Crippen LogP contribution < -0.4 is 4.72 Å². The van der Waals surface area contributed by atoms with Crippen molar-refractivity contribution in [1.82, 2.24) is 4.31 Å². The lowest BCUT2D eigenvalue weighted by Crippen LogP contribution is -2.34. The Morgan fingerprint density at radius 1 is 1.38 bits per heavy atom. The van der Waals surface area contributed by atoms with Gasteiger partial charge in [-0.3, -0.25) is 4.72 Å². The molecule has 0 atom stereocenters. The topological polar surface area (TPSA) is 69.6 Å². The molecule has 0 aliphatic rings. The van der Waals surface area contributed by atoms with E-state index in [1.165, 1.54) is 7.05 Å². The molecule has 0 bridgehead atoms. The fourth-order valence-corrected chi connectivity index (χ4v) is 2.77. The molecule has 0 saturated heterocycles. The molecule has 0 unspecified atom stereocenters. The minimum absolute atomic E-state index is 0.0440. The molecule has 2 N–H and O–H groups in total. The Labute approximate surface area is 125 Å². The molecule has 1 aromatic rings. The van der Waals surface area contributed by atoms with Crippen LogP contribution in [0.5, 0.6) is 0 Å². The van der Waals surface area contributed by atoms with E-state index in [0.717, 1.165) is 22.5 Å². The quantitative estimate of drug-likeness (QED) is 0.830. The van der Waals surface area contributed by atoms with Gasteiger partial charge < -0.3 is 5.11 Å². The Hall–Kier alpha value is -1.03. The van der Waals surface area contributed by atoms with Crippen LogP contribution in [-0.2, 0) is 16.4 Å². The van der Waals surface area contributed by atoms with Gasteiger partial charge in [0.2, 0.25) is 0 Å². The molecule has 1 rings (SSSR count). The van der Waals surface area contributed by atoms with Crippen LogP contribution in [0.2, 0.25) is 5.02 Å². The second-order valence-electron chi connectivity index (χ2n) is 4.17. The summed E-state index contributed by atoms with van der Waals surface area (Å²) in [5.41, 5.74) is -1.89. The number of anilines is 1. The van der Waals surface area contributed by atoms with Crippen molar-refractivity contribution in [2.24, 2.45) is 0 Å². The summed E-state index contributed by atoms with van der Waals surface area (Å²) in [6.07, 6.45) is -4.58. The Morgan fingerprint density at radius 3 is 2.52 bits per heavy atom. The van der Waals surface area contributed by atoms with Crippen molar-refractivity contribution in [2.45, 2.75) is 12.6 Å². The predicted molar refractivity (Wildman–Crippen MR) is 73.3 cm³/mol. The van der Waals surface area contributed by atoms with Crippen molar-refractivity contribution in [2.75, 3.05) is 24.9 Å². The molecule has 1 aromatic carbocycles. The highest BCUT2D eigenvalue weighted by atomic mass is 35.5. The number of nitrogens with zero attached hydrogens (tertiary/aromatic N) is 1. The molecule has 0 heterocycles. The zero-order chi connectivity index (χ0) is 16.3. The van der Waals surface area contributed by atoms with Gasteiger partial charge in [0.05, 0.1) is 16.3 Å². The molecule has 0 saturated carbocycles. The summed E-state index contributed by atoms with van der Waals surface area (Å²) in [5, 5.41) is 8.30. The molecular weight excluding hydrogens is 333 g/mol. The molecule has 5 nitrogen and oxygen atoms in total. The van der Waals surface area contributed by atoms with Crippen molar-refractivity contribution >= 4 is 27.5 Å². The third-order valence-electron chi connectivity index (χ3n) is 2.59. The Kier molecular flexibility index (Phi) is 5.85. The first kappa shape index (κ1) is 18.0. The third-order valence-corrected chi connectivity index (χ3v) is 4.37. The lowest BCUT2D eigenvalue weighted by Gasteiger charge is -2.21. The maximum atomic E-state index is 12.9. The fourth-order valence-electron chi connectivity index (χ4n) is 1.48. The van der Waals surface area contributed by atoms with E-state index in [0.29, 0.717) is 0 Å². The SMILES string of the molecule is CN(CCCO)S(=O)(=O)Nc1c(Cl)cccc1C(F)(F)F. The van der Waals surface area contributed by atoms with Crippen molar-refractivity contribution in [3.8, 4) is 0 Å². The number of halogens is 4. The molecule has 0 spiro atoms. The van der Waals surface area contributed by atoms with Crippen LogP contribution in [-0.4, -0.2) is 38.0 Å². The zero-order valence-corrected chi connectivity index (χ0v) is 12.6. The smallest absolute Gasteiger partial charge is 0.396 e. The van der Waals surface area contributed by atoms with Crippen LogP contribution in [0.3, 0.4) is 0 Å². The third kappa shape index (κ3) is 4.73. The normalized spacial score (nSPS) is 12.7. The molecule has 21 heavy (non-hydrogen) atoms. The lowest BCUT2D eigenvalue weighted by molar-refractivity contribution is -0.136. The highest BCUT2D eigenvalue weighted by Gasteiger charge is 2.35. The summed E-state index contributed by atoms with van der Waals surface area (Å²) in [6, 6.07) is 2.97. The van der Waals surface area contributed by atoms with Crippen molar-refractivity contribution in [3.63, 3.8) is 0 Å². The summed E-state index contributed by atoms with van der Waals surface area (Å²) in [5.74, 6) is 0. The minimum atomic E-state index is -4.74. The number of aliphatic hydroxyl groups excluding tert-OH is 1. The molecule has 0 radical (unpaired) electrons. The van der Waals surface area contributed by atoms with Gasteiger partial charge in [0.1, 0.15) is 0 Å². The summed E-state index contributed by atoms with van der Waals surface area (Å²) in [6.45, 7) is -0.280. The standard InChI is InChI=1S/C11H14ClF3N2O3S/c1-17(6-3-7-18)21(19,20)16-10-8(11(13,14)15)4-2-5-9(10)12/h2,4-5,16,18H,3,6-7H2,1H3. The number of rotatable bonds is 6. The number of alkyl halides is 3. The van der Waals surface area contributed by atoms with Gasteiger partial charge in [0.15, 0.2) is 0 Å². The zero-order valence-electron chi connectivity index (χ0n) is 11.0. The Bertz CT molecular complexity index is 593. The van der Waals surface area contributed by atoms with E-state index < -0.39 is 27.6 Å². The van der Waals surface area contributed by atoms with Gasteiger partial charge in [-0.1, -0.05) is 17.7 Å². The summed E-state index contributed by atoms with van der Waals surface area (Å²) in [4.78, 5) is 0. The monoisotopic (exact) mass is 346 g/mol. The van der Waals surface area contributed by atoms with E-state index in [1.807, 2.05) is 4.72 Å². The number of nitrogens with one attached hydrogen (secondary N) is 1. The van der Waals surface area contributed by atoms with Crippen LogP contribution in [0.25, 0.3) is 0 Å². The van der Waals surface area contributed by atoms with Crippen LogP contribution >= 0.6 is 11.6 Å².